The fourth-order valence-corrected chi connectivity index (χ4v) is 2.68. The van der Waals surface area contributed by atoms with Crippen LogP contribution in [0, 0.1) is 11.6 Å². The first kappa shape index (κ1) is 20.8. The minimum absolute atomic E-state index is 0.137. The molecule has 1 aromatic heterocycles. The highest BCUT2D eigenvalue weighted by Gasteiger charge is 2.18. The highest BCUT2D eigenvalue weighted by atomic mass is 19.1. The van der Waals surface area contributed by atoms with Crippen LogP contribution in [-0.4, -0.2) is 35.7 Å². The predicted octanol–water partition coefficient (Wildman–Crippen LogP) is 2.99. The molecule has 0 fully saturated rings. The molecule has 9 heteroatoms. The number of carbonyl (C=O) groups is 2. The molecule has 0 saturated carbocycles. The molecule has 0 atom stereocenters. The number of amides is 2. The number of hydrogen-bond acceptors (Lipinski definition) is 5. The molecule has 30 heavy (non-hydrogen) atoms. The van der Waals surface area contributed by atoms with Gasteiger partial charge in [0.15, 0.2) is 0 Å². The number of benzene rings is 2. The van der Waals surface area contributed by atoms with Crippen molar-refractivity contribution in [2.45, 2.75) is 6.42 Å². The Labute approximate surface area is 171 Å². The van der Waals surface area contributed by atoms with Crippen LogP contribution in [0.1, 0.15) is 26.3 Å². The van der Waals surface area contributed by atoms with E-state index in [0.29, 0.717) is 18.2 Å². The SMILES string of the molecule is COc1cccc(CCNC(=O)c2cc(NC(=O)c3ccnnc3)c(F)cc2F)c1. The molecular weight excluding hydrogens is 394 g/mol. The molecule has 0 radical (unpaired) electrons. The van der Waals surface area contributed by atoms with Gasteiger partial charge in [-0.2, -0.15) is 10.2 Å². The number of aromatic nitrogens is 2. The largest absolute Gasteiger partial charge is 0.497 e. The van der Waals surface area contributed by atoms with E-state index in [0.717, 1.165) is 11.6 Å². The smallest absolute Gasteiger partial charge is 0.257 e. The highest BCUT2D eigenvalue weighted by molar-refractivity contribution is 6.05. The second-order valence-corrected chi connectivity index (χ2v) is 6.25. The van der Waals surface area contributed by atoms with Crippen molar-refractivity contribution in [3.63, 3.8) is 0 Å². The third-order valence-electron chi connectivity index (χ3n) is 4.23. The summed E-state index contributed by atoms with van der Waals surface area (Å²) in [7, 11) is 1.56. The average molecular weight is 412 g/mol. The molecule has 1 heterocycles. The van der Waals surface area contributed by atoms with Gasteiger partial charge in [0.1, 0.15) is 17.4 Å². The second-order valence-electron chi connectivity index (χ2n) is 6.25. The van der Waals surface area contributed by atoms with Crippen LogP contribution in [0.4, 0.5) is 14.5 Å². The summed E-state index contributed by atoms with van der Waals surface area (Å²) in [6.07, 6.45) is 2.99. The Morgan fingerprint density at radius 3 is 2.60 bits per heavy atom. The van der Waals surface area contributed by atoms with E-state index >= 15 is 0 Å². The van der Waals surface area contributed by atoms with Crippen molar-refractivity contribution < 1.29 is 23.1 Å². The Kier molecular flexibility index (Phi) is 6.63. The zero-order chi connectivity index (χ0) is 21.5. The number of hydrogen-bond donors (Lipinski definition) is 2. The molecule has 0 saturated heterocycles. The van der Waals surface area contributed by atoms with Gasteiger partial charge in [0.25, 0.3) is 11.8 Å². The summed E-state index contributed by atoms with van der Waals surface area (Å²) in [5.41, 5.74) is 0.354. The van der Waals surface area contributed by atoms with Crippen LogP contribution >= 0.6 is 0 Å². The summed E-state index contributed by atoms with van der Waals surface area (Å²) < 4.78 is 33.4. The van der Waals surface area contributed by atoms with Crippen LogP contribution in [0.2, 0.25) is 0 Å². The van der Waals surface area contributed by atoms with E-state index < -0.39 is 23.4 Å². The maximum Gasteiger partial charge on any atom is 0.257 e. The number of anilines is 1. The molecular formula is C21H18F2N4O3. The molecule has 7 nitrogen and oxygen atoms in total. The summed E-state index contributed by atoms with van der Waals surface area (Å²) in [5.74, 6) is -2.74. The first-order valence-corrected chi connectivity index (χ1v) is 8.96. The van der Waals surface area contributed by atoms with Crippen molar-refractivity contribution in [1.82, 2.24) is 15.5 Å². The van der Waals surface area contributed by atoms with E-state index in [2.05, 4.69) is 20.8 Å². The summed E-state index contributed by atoms with van der Waals surface area (Å²) in [5, 5.41) is 12.0. The lowest BCUT2D eigenvalue weighted by Crippen LogP contribution is -2.27. The number of nitrogens with zero attached hydrogens (tertiary/aromatic N) is 2. The molecule has 0 spiro atoms. The van der Waals surface area contributed by atoms with Crippen LogP contribution < -0.4 is 15.4 Å². The number of rotatable bonds is 7. The first-order valence-electron chi connectivity index (χ1n) is 8.96. The fraction of sp³-hybridized carbons (Fsp3) is 0.143. The molecule has 2 amide bonds. The Morgan fingerprint density at radius 1 is 1.03 bits per heavy atom. The molecule has 2 N–H and O–H groups in total. The quantitative estimate of drug-likeness (QED) is 0.622. The third kappa shape index (κ3) is 5.13. The van der Waals surface area contributed by atoms with Crippen LogP contribution in [0.3, 0.4) is 0 Å². The minimum atomic E-state index is -1.03. The van der Waals surface area contributed by atoms with Gasteiger partial charge in [-0.15, -0.1) is 0 Å². The Balaban J connectivity index is 1.68. The molecule has 154 valence electrons. The number of halogens is 2. The van der Waals surface area contributed by atoms with Gasteiger partial charge in [-0.25, -0.2) is 8.78 Å². The summed E-state index contributed by atoms with van der Waals surface area (Å²) in [6, 6.07) is 10.2. The summed E-state index contributed by atoms with van der Waals surface area (Å²) in [4.78, 5) is 24.5. The molecule has 0 aliphatic rings. The monoisotopic (exact) mass is 412 g/mol. The first-order chi connectivity index (χ1) is 14.5. The molecule has 0 aliphatic carbocycles. The van der Waals surface area contributed by atoms with Crippen molar-refractivity contribution in [1.29, 1.82) is 0 Å². The van der Waals surface area contributed by atoms with Crippen LogP contribution in [0.25, 0.3) is 0 Å². The van der Waals surface area contributed by atoms with E-state index in [1.54, 1.807) is 13.2 Å². The Hall–Kier alpha value is -3.88. The predicted molar refractivity (Wildman–Crippen MR) is 105 cm³/mol. The number of nitrogens with one attached hydrogen (secondary N) is 2. The van der Waals surface area contributed by atoms with Gasteiger partial charge in [-0.3, -0.25) is 9.59 Å². The van der Waals surface area contributed by atoms with Gasteiger partial charge in [-0.1, -0.05) is 12.1 Å². The molecule has 2 aromatic carbocycles. The molecule has 0 unspecified atom stereocenters. The topological polar surface area (TPSA) is 93.2 Å². The zero-order valence-electron chi connectivity index (χ0n) is 16.0. The minimum Gasteiger partial charge on any atom is -0.497 e. The normalized spacial score (nSPS) is 10.4. The molecule has 3 aromatic rings. The van der Waals surface area contributed by atoms with Crippen molar-refractivity contribution in [3.8, 4) is 5.75 Å². The van der Waals surface area contributed by atoms with E-state index in [4.69, 9.17) is 4.74 Å². The standard InChI is InChI=1S/C21H18F2N4O3/c1-30-15-4-2-3-13(9-15)5-7-24-21(29)16-10-19(18(23)11-17(16)22)27-20(28)14-6-8-25-26-12-14/h2-4,6,8-12H,5,7H2,1H3,(H,24,29)(H,27,28). The lowest BCUT2D eigenvalue weighted by atomic mass is 10.1. The Morgan fingerprint density at radius 2 is 1.87 bits per heavy atom. The maximum absolute atomic E-state index is 14.1. The van der Waals surface area contributed by atoms with Crippen LogP contribution in [0.15, 0.2) is 54.9 Å². The van der Waals surface area contributed by atoms with Gasteiger partial charge < -0.3 is 15.4 Å². The fourth-order valence-electron chi connectivity index (χ4n) is 2.68. The van der Waals surface area contributed by atoms with Crippen molar-refractivity contribution in [3.05, 3.63) is 83.2 Å². The van der Waals surface area contributed by atoms with E-state index in [-0.39, 0.29) is 23.4 Å². The van der Waals surface area contributed by atoms with Crippen molar-refractivity contribution in [2.75, 3.05) is 19.0 Å². The van der Waals surface area contributed by atoms with Gasteiger partial charge in [0, 0.05) is 12.6 Å². The maximum atomic E-state index is 14.1. The average Bonchev–Trinajstić information content (AvgIpc) is 2.76. The Bertz CT molecular complexity index is 1060. The van der Waals surface area contributed by atoms with Crippen molar-refractivity contribution in [2.24, 2.45) is 0 Å². The van der Waals surface area contributed by atoms with Crippen LogP contribution in [0.5, 0.6) is 5.75 Å². The summed E-state index contributed by atoms with van der Waals surface area (Å²) >= 11 is 0. The summed E-state index contributed by atoms with van der Waals surface area (Å²) in [6.45, 7) is 0.229. The molecule has 0 bridgehead atoms. The van der Waals surface area contributed by atoms with E-state index in [9.17, 15) is 18.4 Å². The van der Waals surface area contributed by atoms with Gasteiger partial charge >= 0.3 is 0 Å². The van der Waals surface area contributed by atoms with Gasteiger partial charge in [0.05, 0.1) is 36.3 Å². The van der Waals surface area contributed by atoms with Gasteiger partial charge in [-0.05, 0) is 36.2 Å². The second kappa shape index (κ2) is 9.55. The van der Waals surface area contributed by atoms with Gasteiger partial charge in [0.2, 0.25) is 0 Å². The lowest BCUT2D eigenvalue weighted by Gasteiger charge is -2.11. The van der Waals surface area contributed by atoms with Crippen molar-refractivity contribution >= 4 is 17.5 Å². The lowest BCUT2D eigenvalue weighted by molar-refractivity contribution is 0.0948. The zero-order valence-corrected chi connectivity index (χ0v) is 16.0. The third-order valence-corrected chi connectivity index (χ3v) is 4.23. The van der Waals surface area contributed by atoms with E-state index in [1.807, 2.05) is 18.2 Å². The number of ether oxygens (including phenoxy) is 1. The number of carbonyl (C=O) groups excluding carboxylic acids is 2. The number of methoxy groups -OCH3 is 1. The van der Waals surface area contributed by atoms with E-state index in [1.165, 1.54) is 18.5 Å². The van der Waals surface area contributed by atoms with Crippen LogP contribution in [-0.2, 0) is 6.42 Å². The molecule has 3 rings (SSSR count). The molecule has 0 aliphatic heterocycles. The highest BCUT2D eigenvalue weighted by Crippen LogP contribution is 2.20.